The molecule has 0 aliphatic carbocycles. The van der Waals surface area contributed by atoms with Crippen LogP contribution in [-0.4, -0.2) is 90.1 Å². The fourth-order valence-corrected chi connectivity index (χ4v) is 16.2. The second-order valence-electron chi connectivity index (χ2n) is 2.85. The Kier molecular flexibility index (Phi) is 5.11. The van der Waals surface area contributed by atoms with Crippen LogP contribution in [0.25, 0.3) is 11.1 Å². The van der Waals surface area contributed by atoms with E-state index in [9.17, 15) is 0 Å². The molecule has 6 heteroatoms. The number of thiophene rings is 2. The van der Waals surface area contributed by atoms with Crippen molar-refractivity contribution in [2.45, 2.75) is 0 Å². The van der Waals surface area contributed by atoms with Crippen LogP contribution in [0.3, 0.4) is 0 Å². The van der Waals surface area contributed by atoms with Gasteiger partial charge in [-0.15, -0.1) is 0 Å². The minimum absolute atomic E-state index is 1.27. The van der Waals surface area contributed by atoms with Gasteiger partial charge in [-0.25, -0.2) is 0 Å². The molecule has 0 aliphatic rings. The molecule has 0 aromatic carbocycles. The van der Waals surface area contributed by atoms with Gasteiger partial charge in [0.2, 0.25) is 0 Å². The molecule has 0 bridgehead atoms. The summed E-state index contributed by atoms with van der Waals surface area (Å²) in [5.41, 5.74) is 3.14. The Labute approximate surface area is 145 Å². The second kappa shape index (κ2) is 5.49. The first kappa shape index (κ1) is 13.0. The molecule has 0 nitrogen and oxygen atoms in total. The Balaban J connectivity index is 2.59. The molecule has 2 heterocycles. The van der Waals surface area contributed by atoms with Gasteiger partial charge in [-0.3, -0.25) is 0 Å². The first-order valence-electron chi connectivity index (χ1n) is 3.88. The number of hydrogen-bond acceptors (Lipinski definition) is 2. The molecule has 14 heavy (non-hydrogen) atoms. The summed E-state index contributed by atoms with van der Waals surface area (Å²) in [6.45, 7) is 0. The predicted molar refractivity (Wildman–Crippen MR) is 74.8 cm³/mol. The molecule has 2 aromatic heterocycles. The topological polar surface area (TPSA) is 0 Å². The molecule has 0 N–H and O–H groups in total. The van der Waals surface area contributed by atoms with E-state index in [1.54, 1.807) is 22.7 Å². The van der Waals surface area contributed by atoms with Crippen molar-refractivity contribution in [2.75, 3.05) is 0 Å². The van der Waals surface area contributed by atoms with Gasteiger partial charge in [0.1, 0.15) is 0 Å². The summed E-state index contributed by atoms with van der Waals surface area (Å²) < 4.78 is 6.44. The summed E-state index contributed by atoms with van der Waals surface area (Å²) in [6, 6.07) is 4.85. The van der Waals surface area contributed by atoms with E-state index in [-0.39, 0.29) is 0 Å². The zero-order valence-electron chi connectivity index (χ0n) is 7.28. The maximum atomic E-state index is 2.43. The van der Waals surface area contributed by atoms with Crippen molar-refractivity contribution in [3.05, 3.63) is 12.1 Å². The zero-order chi connectivity index (χ0) is 10.3. The van der Waals surface area contributed by atoms with Gasteiger partial charge in [0, 0.05) is 0 Å². The van der Waals surface area contributed by atoms with E-state index < -0.39 is 0 Å². The molecule has 2 rings (SSSR count). The number of hydrogen-bond donors (Lipinski definition) is 0. The van der Waals surface area contributed by atoms with Crippen molar-refractivity contribution in [2.24, 2.45) is 0 Å². The molecule has 2 aromatic rings. The minimum atomic E-state index is 1.27. The van der Waals surface area contributed by atoms with Crippen LogP contribution in [0.15, 0.2) is 12.1 Å². The van der Waals surface area contributed by atoms with Crippen LogP contribution >= 0.6 is 22.7 Å². The third-order valence-corrected chi connectivity index (χ3v) is 10.2. The standard InChI is InChI=1S/C8H2S2.4Sn.4H/c1-3-9-5-7(1)8-2-4-10-6-8;;;;;;;;/h1-2H;;;;;;;;. The molecule has 0 fully saturated rings. The average Bonchev–Trinajstić information content (AvgIpc) is 2.55. The van der Waals surface area contributed by atoms with Crippen molar-refractivity contribution in [1.29, 1.82) is 0 Å². The molecule has 0 saturated carbocycles. The predicted octanol–water partition coefficient (Wildman–Crippen LogP) is -2.42. The van der Waals surface area contributed by atoms with Crippen LogP contribution in [0.5, 0.6) is 0 Å². The molecule has 8 radical (unpaired) electrons. The van der Waals surface area contributed by atoms with Crippen molar-refractivity contribution in [3.8, 4) is 11.1 Å². The van der Waals surface area contributed by atoms with Gasteiger partial charge in [-0.2, -0.15) is 0 Å². The van der Waals surface area contributed by atoms with Crippen molar-refractivity contribution < 1.29 is 0 Å². The van der Waals surface area contributed by atoms with E-state index in [1.807, 2.05) is 22.7 Å². The fourth-order valence-electron chi connectivity index (χ4n) is 1.27. The fraction of sp³-hybridized carbons (Fsp3) is 0. The summed E-state index contributed by atoms with van der Waals surface area (Å²) in [5, 5.41) is 0. The van der Waals surface area contributed by atoms with Crippen molar-refractivity contribution in [3.63, 3.8) is 0 Å². The molecule has 66 valence electrons. The van der Waals surface area contributed by atoms with Gasteiger partial charge in [-0.1, -0.05) is 0 Å². The molecule has 0 atom stereocenters. The van der Waals surface area contributed by atoms with Gasteiger partial charge in [0.05, 0.1) is 0 Å². The van der Waals surface area contributed by atoms with Crippen LogP contribution < -0.4 is 11.6 Å². The van der Waals surface area contributed by atoms with Crippen molar-refractivity contribution in [1.82, 2.24) is 0 Å². The van der Waals surface area contributed by atoms with Gasteiger partial charge in [0.15, 0.2) is 0 Å². The first-order chi connectivity index (χ1) is 6.58. The Morgan fingerprint density at radius 3 is 1.29 bits per heavy atom. The van der Waals surface area contributed by atoms with E-state index in [2.05, 4.69) is 12.1 Å². The van der Waals surface area contributed by atoms with Crippen molar-refractivity contribution >= 4 is 124 Å². The van der Waals surface area contributed by atoms with Crippen LogP contribution in [0.1, 0.15) is 0 Å². The first-order valence-corrected chi connectivity index (χ1v) is 12.1. The van der Waals surface area contributed by atoms with E-state index in [4.69, 9.17) is 0 Å². The normalized spacial score (nSPS) is 10.9. The quantitative estimate of drug-likeness (QED) is 0.305. The summed E-state index contributed by atoms with van der Waals surface area (Å²) in [4.78, 5) is 0. The Bertz CT molecular complexity index is 427. The summed E-state index contributed by atoms with van der Waals surface area (Å²) in [7, 11) is 0. The van der Waals surface area contributed by atoms with Crippen LogP contribution in [0.2, 0.25) is 0 Å². The molecular formula is C8H6S2Sn4. The zero-order valence-corrected chi connectivity index (χ0v) is 22.1. The Morgan fingerprint density at radius 2 is 1.07 bits per heavy atom. The molecule has 0 unspecified atom stereocenters. The number of rotatable bonds is 1. The monoisotopic (exact) mass is 646 g/mol. The van der Waals surface area contributed by atoms with E-state index in [0.717, 1.165) is 0 Å². The summed E-state index contributed by atoms with van der Waals surface area (Å²) in [5.74, 6) is 0. The van der Waals surface area contributed by atoms with Gasteiger partial charge in [-0.05, 0) is 0 Å². The van der Waals surface area contributed by atoms with Gasteiger partial charge >= 0.3 is 148 Å². The van der Waals surface area contributed by atoms with Crippen LogP contribution in [0.4, 0.5) is 0 Å². The van der Waals surface area contributed by atoms with Crippen LogP contribution in [-0.2, 0) is 0 Å². The molecule has 0 amide bonds. The van der Waals surface area contributed by atoms with Gasteiger partial charge < -0.3 is 0 Å². The SMILES string of the molecule is [SnH][c]1cc(-c2c[c]([SnH])s[c]2[SnH])[c]([SnH])s1. The average molecular weight is 641 g/mol. The molecular weight excluding hydrogens is 635 g/mol. The van der Waals surface area contributed by atoms with E-state index in [1.165, 1.54) is 90.1 Å². The maximum absolute atomic E-state index is 2.43. The summed E-state index contributed by atoms with van der Waals surface area (Å²) >= 11 is 9.15. The third kappa shape index (κ3) is 2.88. The molecule has 0 saturated heterocycles. The van der Waals surface area contributed by atoms with E-state index >= 15 is 0 Å². The summed E-state index contributed by atoms with van der Waals surface area (Å²) in [6.07, 6.45) is 0. The third-order valence-electron chi connectivity index (χ3n) is 1.85. The molecule has 0 aliphatic heterocycles. The Hall–Kier alpha value is 2.59. The Morgan fingerprint density at radius 1 is 0.714 bits per heavy atom. The van der Waals surface area contributed by atoms with Gasteiger partial charge in [0.25, 0.3) is 0 Å². The molecule has 0 spiro atoms. The van der Waals surface area contributed by atoms with Crippen LogP contribution in [0, 0.1) is 0 Å². The van der Waals surface area contributed by atoms with E-state index in [0.29, 0.717) is 0 Å². The second-order valence-corrected chi connectivity index (χ2v) is 16.7.